The minimum Gasteiger partial charge on any atom is -0.340 e. The Kier molecular flexibility index (Phi) is 3.84. The first-order chi connectivity index (χ1) is 7.77. The monoisotopic (exact) mass is 240 g/mol. The van der Waals surface area contributed by atoms with Crippen molar-refractivity contribution in [1.29, 1.82) is 0 Å². The molecule has 1 rings (SSSR count). The van der Waals surface area contributed by atoms with Crippen molar-refractivity contribution in [2.75, 3.05) is 6.54 Å². The Morgan fingerprint density at radius 3 is 2.41 bits per heavy atom. The van der Waals surface area contributed by atoms with Crippen LogP contribution in [-0.2, 0) is 9.59 Å². The predicted molar refractivity (Wildman–Crippen MR) is 67.5 cm³/mol. The summed E-state index contributed by atoms with van der Waals surface area (Å²) in [5.74, 6) is -0.0174. The second kappa shape index (κ2) is 4.67. The molecule has 0 aliphatic carbocycles. The van der Waals surface area contributed by atoms with Crippen LogP contribution < -0.4 is 5.32 Å². The molecule has 0 aromatic rings. The minimum atomic E-state index is -0.736. The molecule has 1 aliphatic heterocycles. The van der Waals surface area contributed by atoms with Gasteiger partial charge in [-0.1, -0.05) is 20.3 Å². The molecule has 2 amide bonds. The predicted octanol–water partition coefficient (Wildman–Crippen LogP) is 1.69. The number of rotatable bonds is 4. The molecular formula is C13H24N2O2. The van der Waals surface area contributed by atoms with Gasteiger partial charge in [0.1, 0.15) is 12.1 Å². The molecule has 1 N–H and O–H groups in total. The first-order valence-corrected chi connectivity index (χ1v) is 6.40. The summed E-state index contributed by atoms with van der Waals surface area (Å²) in [5.41, 5.74) is -0.986. The van der Waals surface area contributed by atoms with Crippen molar-refractivity contribution in [1.82, 2.24) is 10.2 Å². The SMILES string of the molecule is CCCC(C)(C)N1CC(=O)NC(C)(CC)C1=O. The highest BCUT2D eigenvalue weighted by molar-refractivity contribution is 5.98. The third-order valence-corrected chi connectivity index (χ3v) is 3.73. The highest BCUT2D eigenvalue weighted by Crippen LogP contribution is 2.27. The lowest BCUT2D eigenvalue weighted by Crippen LogP contribution is -2.68. The lowest BCUT2D eigenvalue weighted by atomic mass is 9.88. The average molecular weight is 240 g/mol. The van der Waals surface area contributed by atoms with Crippen molar-refractivity contribution < 1.29 is 9.59 Å². The van der Waals surface area contributed by atoms with Crippen molar-refractivity contribution >= 4 is 11.8 Å². The molecule has 1 atom stereocenters. The summed E-state index contributed by atoms with van der Waals surface area (Å²) in [6.45, 7) is 10.1. The summed E-state index contributed by atoms with van der Waals surface area (Å²) in [6, 6.07) is 0. The maximum Gasteiger partial charge on any atom is 0.248 e. The van der Waals surface area contributed by atoms with Crippen LogP contribution in [0.4, 0.5) is 0 Å². The molecule has 17 heavy (non-hydrogen) atoms. The number of hydrogen-bond donors (Lipinski definition) is 1. The molecule has 0 saturated carbocycles. The summed E-state index contributed by atoms with van der Waals surface area (Å²) in [4.78, 5) is 25.9. The molecule has 0 spiro atoms. The van der Waals surface area contributed by atoms with Gasteiger partial charge in [0.05, 0.1) is 0 Å². The highest BCUT2D eigenvalue weighted by atomic mass is 16.2. The van der Waals surface area contributed by atoms with Crippen LogP contribution in [0.5, 0.6) is 0 Å². The lowest BCUT2D eigenvalue weighted by Gasteiger charge is -2.47. The Morgan fingerprint density at radius 2 is 1.94 bits per heavy atom. The first-order valence-electron chi connectivity index (χ1n) is 6.40. The fraction of sp³-hybridized carbons (Fsp3) is 0.846. The van der Waals surface area contributed by atoms with Gasteiger partial charge in [0.15, 0.2) is 0 Å². The van der Waals surface area contributed by atoms with Crippen molar-refractivity contribution in [3.05, 3.63) is 0 Å². The van der Waals surface area contributed by atoms with Crippen LogP contribution in [0.1, 0.15) is 53.9 Å². The molecule has 0 radical (unpaired) electrons. The number of nitrogens with one attached hydrogen (secondary N) is 1. The number of hydrogen-bond acceptors (Lipinski definition) is 2. The molecule has 1 unspecified atom stereocenters. The van der Waals surface area contributed by atoms with Crippen LogP contribution in [0.3, 0.4) is 0 Å². The lowest BCUT2D eigenvalue weighted by molar-refractivity contribution is -0.155. The average Bonchev–Trinajstić information content (AvgIpc) is 2.23. The fourth-order valence-corrected chi connectivity index (χ4v) is 2.39. The number of carbonyl (C=O) groups excluding carboxylic acids is 2. The summed E-state index contributed by atoms with van der Waals surface area (Å²) >= 11 is 0. The summed E-state index contributed by atoms with van der Waals surface area (Å²) in [5, 5.41) is 2.81. The van der Waals surface area contributed by atoms with E-state index in [9.17, 15) is 9.59 Å². The molecule has 0 bridgehead atoms. The van der Waals surface area contributed by atoms with Gasteiger partial charge in [0, 0.05) is 5.54 Å². The van der Waals surface area contributed by atoms with E-state index >= 15 is 0 Å². The zero-order chi connectivity index (χ0) is 13.3. The highest BCUT2D eigenvalue weighted by Gasteiger charge is 2.45. The van der Waals surface area contributed by atoms with Crippen LogP contribution in [-0.4, -0.2) is 34.3 Å². The molecule has 1 heterocycles. The van der Waals surface area contributed by atoms with Gasteiger partial charge >= 0.3 is 0 Å². The molecule has 0 aromatic heterocycles. The quantitative estimate of drug-likeness (QED) is 0.813. The van der Waals surface area contributed by atoms with E-state index in [1.807, 2.05) is 20.8 Å². The van der Waals surface area contributed by atoms with Gasteiger partial charge in [0.2, 0.25) is 11.8 Å². The van der Waals surface area contributed by atoms with E-state index < -0.39 is 5.54 Å². The van der Waals surface area contributed by atoms with Gasteiger partial charge in [-0.2, -0.15) is 0 Å². The van der Waals surface area contributed by atoms with E-state index in [2.05, 4.69) is 12.2 Å². The molecule has 98 valence electrons. The smallest absolute Gasteiger partial charge is 0.248 e. The zero-order valence-corrected chi connectivity index (χ0v) is 11.6. The van der Waals surface area contributed by atoms with Gasteiger partial charge in [-0.3, -0.25) is 9.59 Å². The second-order valence-corrected chi connectivity index (χ2v) is 5.69. The Morgan fingerprint density at radius 1 is 1.35 bits per heavy atom. The van der Waals surface area contributed by atoms with Gasteiger partial charge in [0.25, 0.3) is 0 Å². The van der Waals surface area contributed by atoms with Crippen molar-refractivity contribution in [2.24, 2.45) is 0 Å². The molecule has 4 nitrogen and oxygen atoms in total. The number of piperazine rings is 1. The van der Waals surface area contributed by atoms with Gasteiger partial charge in [-0.15, -0.1) is 0 Å². The summed E-state index contributed by atoms with van der Waals surface area (Å²) in [7, 11) is 0. The van der Waals surface area contributed by atoms with E-state index in [0.717, 1.165) is 12.8 Å². The van der Waals surface area contributed by atoms with E-state index in [0.29, 0.717) is 6.42 Å². The molecule has 1 saturated heterocycles. The van der Waals surface area contributed by atoms with Crippen LogP contribution in [0.25, 0.3) is 0 Å². The van der Waals surface area contributed by atoms with Crippen LogP contribution >= 0.6 is 0 Å². The summed E-state index contributed by atoms with van der Waals surface area (Å²) in [6.07, 6.45) is 2.53. The van der Waals surface area contributed by atoms with Gasteiger partial charge in [-0.25, -0.2) is 0 Å². The van der Waals surface area contributed by atoms with Gasteiger partial charge < -0.3 is 10.2 Å². The van der Waals surface area contributed by atoms with E-state index in [1.54, 1.807) is 11.8 Å². The number of nitrogens with zero attached hydrogens (tertiary/aromatic N) is 1. The Balaban J connectivity index is 3.00. The second-order valence-electron chi connectivity index (χ2n) is 5.69. The van der Waals surface area contributed by atoms with E-state index in [1.165, 1.54) is 0 Å². The molecule has 0 aromatic carbocycles. The van der Waals surface area contributed by atoms with Crippen molar-refractivity contribution in [3.8, 4) is 0 Å². The molecule has 1 fully saturated rings. The summed E-state index contributed by atoms with van der Waals surface area (Å²) < 4.78 is 0. The molecule has 1 aliphatic rings. The van der Waals surface area contributed by atoms with Crippen molar-refractivity contribution in [3.63, 3.8) is 0 Å². The number of amides is 2. The Bertz CT molecular complexity index is 325. The topological polar surface area (TPSA) is 49.4 Å². The Labute approximate surface area is 104 Å². The van der Waals surface area contributed by atoms with Crippen LogP contribution in [0, 0.1) is 0 Å². The molecular weight excluding hydrogens is 216 g/mol. The third kappa shape index (κ3) is 2.61. The van der Waals surface area contributed by atoms with Crippen LogP contribution in [0.2, 0.25) is 0 Å². The number of carbonyl (C=O) groups is 2. The zero-order valence-electron chi connectivity index (χ0n) is 11.6. The van der Waals surface area contributed by atoms with Gasteiger partial charge in [-0.05, 0) is 33.6 Å². The first kappa shape index (κ1) is 14.0. The van der Waals surface area contributed by atoms with Crippen molar-refractivity contribution in [2.45, 2.75) is 65.0 Å². The largest absolute Gasteiger partial charge is 0.340 e. The standard InChI is InChI=1S/C13H24N2O2/c1-6-8-12(3,4)15-9-10(16)14-13(5,7-2)11(15)17/h6-9H2,1-5H3,(H,14,16). The van der Waals surface area contributed by atoms with E-state index in [4.69, 9.17) is 0 Å². The van der Waals surface area contributed by atoms with E-state index in [-0.39, 0.29) is 23.9 Å². The fourth-order valence-electron chi connectivity index (χ4n) is 2.39. The molecule has 4 heteroatoms. The Hall–Kier alpha value is -1.06. The maximum absolute atomic E-state index is 12.5. The normalized spacial score (nSPS) is 26.1. The van der Waals surface area contributed by atoms with Crippen LogP contribution in [0.15, 0.2) is 0 Å². The minimum absolute atomic E-state index is 0.0399. The third-order valence-electron chi connectivity index (χ3n) is 3.73. The maximum atomic E-state index is 12.5.